The molecule has 128 valence electrons. The SMILES string of the molecule is CCOC(=O)Cc1nn(C(C)C(=O)OCC)c(=O)c2ccccc12. The lowest BCUT2D eigenvalue weighted by atomic mass is 10.1. The zero-order chi connectivity index (χ0) is 17.7. The minimum atomic E-state index is -0.886. The van der Waals surface area contributed by atoms with Crippen LogP contribution in [-0.2, 0) is 25.5 Å². The Hall–Kier alpha value is -2.70. The first-order valence-corrected chi connectivity index (χ1v) is 7.82. The van der Waals surface area contributed by atoms with E-state index in [4.69, 9.17) is 9.47 Å². The summed E-state index contributed by atoms with van der Waals surface area (Å²) in [5, 5.41) is 5.19. The predicted octanol–water partition coefficient (Wildman–Crippen LogP) is 1.63. The van der Waals surface area contributed by atoms with Crippen LogP contribution in [0.25, 0.3) is 10.8 Å². The zero-order valence-electron chi connectivity index (χ0n) is 13.9. The number of esters is 2. The van der Waals surface area contributed by atoms with Crippen molar-refractivity contribution in [3.05, 3.63) is 40.3 Å². The molecule has 1 atom stereocenters. The lowest BCUT2D eigenvalue weighted by Gasteiger charge is -2.15. The van der Waals surface area contributed by atoms with Gasteiger partial charge >= 0.3 is 11.9 Å². The molecule has 0 aliphatic rings. The summed E-state index contributed by atoms with van der Waals surface area (Å²) in [6.07, 6.45) is -0.0792. The first kappa shape index (κ1) is 17.7. The summed E-state index contributed by atoms with van der Waals surface area (Å²) in [6, 6.07) is 5.96. The molecule has 1 heterocycles. The maximum atomic E-state index is 12.6. The number of benzene rings is 1. The van der Waals surface area contributed by atoms with Crippen LogP contribution in [0.3, 0.4) is 0 Å². The van der Waals surface area contributed by atoms with Crippen LogP contribution in [0.1, 0.15) is 32.5 Å². The van der Waals surface area contributed by atoms with Crippen LogP contribution in [0.4, 0.5) is 0 Å². The number of fused-ring (bicyclic) bond motifs is 1. The van der Waals surface area contributed by atoms with E-state index in [0.717, 1.165) is 4.68 Å². The van der Waals surface area contributed by atoms with Gasteiger partial charge in [-0.3, -0.25) is 9.59 Å². The van der Waals surface area contributed by atoms with Gasteiger partial charge in [0, 0.05) is 5.39 Å². The molecule has 24 heavy (non-hydrogen) atoms. The fraction of sp³-hybridized carbons (Fsp3) is 0.412. The van der Waals surface area contributed by atoms with E-state index >= 15 is 0 Å². The van der Waals surface area contributed by atoms with Gasteiger partial charge in [0.15, 0.2) is 6.04 Å². The van der Waals surface area contributed by atoms with Crippen molar-refractivity contribution in [3.63, 3.8) is 0 Å². The van der Waals surface area contributed by atoms with Crippen molar-refractivity contribution in [1.29, 1.82) is 0 Å². The minimum absolute atomic E-state index is 0.0792. The second-order valence-electron chi connectivity index (χ2n) is 5.15. The Labute approximate surface area is 139 Å². The van der Waals surface area contributed by atoms with E-state index in [1.807, 2.05) is 0 Å². The highest BCUT2D eigenvalue weighted by Crippen LogP contribution is 2.16. The number of ether oxygens (including phenoxy) is 2. The van der Waals surface area contributed by atoms with E-state index in [2.05, 4.69) is 5.10 Å². The van der Waals surface area contributed by atoms with Crippen molar-refractivity contribution in [2.24, 2.45) is 0 Å². The van der Waals surface area contributed by atoms with Gasteiger partial charge in [0.05, 0.1) is 30.7 Å². The van der Waals surface area contributed by atoms with Gasteiger partial charge in [0.1, 0.15) is 0 Å². The lowest BCUT2D eigenvalue weighted by Crippen LogP contribution is -2.33. The van der Waals surface area contributed by atoms with E-state index < -0.39 is 23.5 Å². The number of aromatic nitrogens is 2. The Balaban J connectivity index is 2.56. The van der Waals surface area contributed by atoms with Crippen molar-refractivity contribution in [1.82, 2.24) is 9.78 Å². The van der Waals surface area contributed by atoms with Crippen LogP contribution in [-0.4, -0.2) is 34.9 Å². The van der Waals surface area contributed by atoms with Gasteiger partial charge in [0.25, 0.3) is 5.56 Å². The third kappa shape index (κ3) is 3.61. The summed E-state index contributed by atoms with van der Waals surface area (Å²) >= 11 is 0. The molecule has 0 spiro atoms. The Kier molecular flexibility index (Phi) is 5.68. The lowest BCUT2D eigenvalue weighted by molar-refractivity contribution is -0.147. The monoisotopic (exact) mass is 332 g/mol. The highest BCUT2D eigenvalue weighted by atomic mass is 16.5. The minimum Gasteiger partial charge on any atom is -0.466 e. The molecule has 0 amide bonds. The first-order chi connectivity index (χ1) is 11.5. The summed E-state index contributed by atoms with van der Waals surface area (Å²) < 4.78 is 11.0. The standard InChI is InChI=1S/C17H20N2O5/c1-4-23-15(20)10-14-12-8-6-7-9-13(12)16(21)19(18-14)11(3)17(22)24-5-2/h6-9,11H,4-5,10H2,1-3H3. The van der Waals surface area contributed by atoms with Gasteiger partial charge in [-0.2, -0.15) is 5.10 Å². The highest BCUT2D eigenvalue weighted by molar-refractivity contribution is 5.87. The topological polar surface area (TPSA) is 87.5 Å². The fourth-order valence-corrected chi connectivity index (χ4v) is 2.38. The molecule has 0 aliphatic carbocycles. The Morgan fingerprint density at radius 1 is 1.12 bits per heavy atom. The van der Waals surface area contributed by atoms with Crippen LogP contribution >= 0.6 is 0 Å². The van der Waals surface area contributed by atoms with Gasteiger partial charge < -0.3 is 9.47 Å². The molecule has 0 saturated carbocycles. The van der Waals surface area contributed by atoms with Gasteiger partial charge in [-0.25, -0.2) is 9.48 Å². The van der Waals surface area contributed by atoms with Crippen molar-refractivity contribution in [2.45, 2.75) is 33.2 Å². The normalized spacial score (nSPS) is 12.0. The summed E-state index contributed by atoms with van der Waals surface area (Å²) in [5.74, 6) is -0.992. The highest BCUT2D eigenvalue weighted by Gasteiger charge is 2.22. The summed E-state index contributed by atoms with van der Waals surface area (Å²) in [7, 11) is 0. The molecule has 0 bridgehead atoms. The van der Waals surface area contributed by atoms with E-state index in [-0.39, 0.29) is 19.6 Å². The molecule has 0 aliphatic heterocycles. The molecule has 7 nitrogen and oxygen atoms in total. The predicted molar refractivity (Wildman–Crippen MR) is 87.7 cm³/mol. The van der Waals surface area contributed by atoms with Crippen molar-refractivity contribution >= 4 is 22.7 Å². The second kappa shape index (κ2) is 7.72. The van der Waals surface area contributed by atoms with Crippen LogP contribution in [0, 0.1) is 0 Å². The van der Waals surface area contributed by atoms with Crippen LogP contribution in [0.2, 0.25) is 0 Å². The molecular formula is C17H20N2O5. The van der Waals surface area contributed by atoms with E-state index in [1.54, 1.807) is 38.1 Å². The summed E-state index contributed by atoms with van der Waals surface area (Å²) in [4.78, 5) is 36.4. The number of hydrogen-bond donors (Lipinski definition) is 0. The summed E-state index contributed by atoms with van der Waals surface area (Å²) in [6.45, 7) is 5.41. The number of rotatable bonds is 6. The number of carbonyl (C=O) groups is 2. The average Bonchev–Trinajstić information content (AvgIpc) is 2.57. The first-order valence-electron chi connectivity index (χ1n) is 7.82. The zero-order valence-corrected chi connectivity index (χ0v) is 13.9. The van der Waals surface area contributed by atoms with E-state index in [1.165, 1.54) is 6.92 Å². The average molecular weight is 332 g/mol. The molecule has 7 heteroatoms. The maximum Gasteiger partial charge on any atom is 0.330 e. The second-order valence-corrected chi connectivity index (χ2v) is 5.15. The smallest absolute Gasteiger partial charge is 0.330 e. The summed E-state index contributed by atoms with van der Waals surface area (Å²) in [5.41, 5.74) is -0.0152. The van der Waals surface area contributed by atoms with Crippen LogP contribution < -0.4 is 5.56 Å². The van der Waals surface area contributed by atoms with Crippen molar-refractivity contribution in [3.8, 4) is 0 Å². The molecule has 2 rings (SSSR count). The Morgan fingerprint density at radius 3 is 2.38 bits per heavy atom. The maximum absolute atomic E-state index is 12.6. The van der Waals surface area contributed by atoms with Crippen molar-refractivity contribution < 1.29 is 19.1 Å². The molecule has 1 unspecified atom stereocenters. The van der Waals surface area contributed by atoms with E-state index in [0.29, 0.717) is 16.5 Å². The van der Waals surface area contributed by atoms with Crippen LogP contribution in [0.15, 0.2) is 29.1 Å². The molecule has 0 radical (unpaired) electrons. The Bertz CT molecular complexity index is 812. The number of hydrogen-bond acceptors (Lipinski definition) is 6. The largest absolute Gasteiger partial charge is 0.466 e. The van der Waals surface area contributed by atoms with Crippen molar-refractivity contribution in [2.75, 3.05) is 13.2 Å². The number of carbonyl (C=O) groups excluding carboxylic acids is 2. The molecule has 2 aromatic rings. The Morgan fingerprint density at radius 2 is 1.75 bits per heavy atom. The molecule has 0 N–H and O–H groups in total. The van der Waals surface area contributed by atoms with Gasteiger partial charge in [-0.05, 0) is 26.8 Å². The van der Waals surface area contributed by atoms with Gasteiger partial charge in [-0.15, -0.1) is 0 Å². The number of nitrogens with zero attached hydrogens (tertiary/aromatic N) is 2. The third-order valence-corrected chi connectivity index (χ3v) is 3.52. The van der Waals surface area contributed by atoms with Gasteiger partial charge in [0.2, 0.25) is 0 Å². The molecular weight excluding hydrogens is 312 g/mol. The van der Waals surface area contributed by atoms with E-state index in [9.17, 15) is 14.4 Å². The molecule has 0 fully saturated rings. The quantitative estimate of drug-likeness (QED) is 0.747. The van der Waals surface area contributed by atoms with Gasteiger partial charge in [-0.1, -0.05) is 18.2 Å². The third-order valence-electron chi connectivity index (χ3n) is 3.52. The molecule has 0 saturated heterocycles. The van der Waals surface area contributed by atoms with Crippen LogP contribution in [0.5, 0.6) is 0 Å². The molecule has 1 aromatic heterocycles. The fourth-order valence-electron chi connectivity index (χ4n) is 2.38. The molecule has 1 aromatic carbocycles.